The Morgan fingerprint density at radius 1 is 1.13 bits per heavy atom. The van der Waals surface area contributed by atoms with E-state index in [1.54, 1.807) is 46.1 Å². The van der Waals surface area contributed by atoms with Crippen LogP contribution in [0.4, 0.5) is 0 Å². The third-order valence-electron chi connectivity index (χ3n) is 5.50. The second kappa shape index (κ2) is 4.10. The van der Waals surface area contributed by atoms with Gasteiger partial charge in [-0.1, -0.05) is 12.1 Å². The second-order valence-electron chi connectivity index (χ2n) is 6.92. The average molecular weight is 314 g/mol. The highest BCUT2D eigenvalue weighted by atomic mass is 16.8. The Labute approximate surface area is 134 Å². The Bertz CT molecular complexity index is 778. The van der Waals surface area contributed by atoms with Crippen molar-refractivity contribution in [3.63, 3.8) is 0 Å². The molecule has 5 heteroatoms. The Morgan fingerprint density at radius 2 is 1.87 bits per heavy atom. The maximum Gasteiger partial charge on any atom is 0.195 e. The summed E-state index contributed by atoms with van der Waals surface area (Å²) in [5, 5.41) is 0. The van der Waals surface area contributed by atoms with Crippen LogP contribution in [0.3, 0.4) is 0 Å². The van der Waals surface area contributed by atoms with Gasteiger partial charge in [-0.3, -0.25) is 9.59 Å². The van der Waals surface area contributed by atoms with Crippen LogP contribution in [-0.4, -0.2) is 30.6 Å². The van der Waals surface area contributed by atoms with Crippen LogP contribution in [0.1, 0.15) is 31.9 Å². The van der Waals surface area contributed by atoms with Crippen molar-refractivity contribution in [2.24, 2.45) is 5.41 Å². The van der Waals surface area contributed by atoms with Gasteiger partial charge in [-0.2, -0.15) is 0 Å². The molecular weight excluding hydrogens is 296 g/mol. The van der Waals surface area contributed by atoms with E-state index in [1.807, 2.05) is 6.07 Å². The van der Waals surface area contributed by atoms with E-state index >= 15 is 0 Å². The molecule has 3 aliphatic rings. The molecule has 1 aliphatic carbocycles. The van der Waals surface area contributed by atoms with Gasteiger partial charge in [0.2, 0.25) is 0 Å². The molecule has 1 unspecified atom stereocenters. The quantitative estimate of drug-likeness (QED) is 0.795. The van der Waals surface area contributed by atoms with Gasteiger partial charge in [0, 0.05) is 5.56 Å². The molecule has 1 aromatic carbocycles. The predicted molar refractivity (Wildman–Crippen MR) is 81.9 cm³/mol. The summed E-state index contributed by atoms with van der Waals surface area (Å²) in [6.07, 6.45) is 2.25. The van der Waals surface area contributed by atoms with Crippen molar-refractivity contribution < 1.29 is 23.8 Å². The first-order valence-corrected chi connectivity index (χ1v) is 7.59. The fraction of sp³-hybridized carbons (Fsp3) is 0.444. The van der Waals surface area contributed by atoms with Gasteiger partial charge >= 0.3 is 0 Å². The first kappa shape index (κ1) is 14.6. The largest absolute Gasteiger partial charge is 0.497 e. The van der Waals surface area contributed by atoms with Crippen LogP contribution in [0.15, 0.2) is 24.3 Å². The smallest absolute Gasteiger partial charge is 0.195 e. The highest BCUT2D eigenvalue weighted by Gasteiger charge is 2.75. The van der Waals surface area contributed by atoms with Crippen LogP contribution in [0.25, 0.3) is 6.08 Å². The van der Waals surface area contributed by atoms with Crippen LogP contribution < -0.4 is 4.74 Å². The molecule has 0 aromatic heterocycles. The lowest BCUT2D eigenvalue weighted by molar-refractivity contribution is -0.222. The number of carbonyl (C=O) groups is 2. The average Bonchev–Trinajstić information content (AvgIpc) is 2.93. The van der Waals surface area contributed by atoms with Crippen LogP contribution in [0, 0.1) is 5.41 Å². The second-order valence-corrected chi connectivity index (χ2v) is 6.92. The third kappa shape index (κ3) is 1.49. The van der Waals surface area contributed by atoms with E-state index in [4.69, 9.17) is 14.2 Å². The van der Waals surface area contributed by atoms with Gasteiger partial charge in [-0.25, -0.2) is 0 Å². The molecule has 1 spiro atoms. The number of methoxy groups -OCH3 is 1. The Balaban J connectivity index is 1.93. The summed E-state index contributed by atoms with van der Waals surface area (Å²) in [6.45, 7) is 5.31. The number of rotatable bonds is 1. The molecule has 0 radical (unpaired) electrons. The monoisotopic (exact) mass is 314 g/mol. The van der Waals surface area contributed by atoms with Gasteiger partial charge < -0.3 is 14.2 Å². The Kier molecular flexibility index (Phi) is 2.60. The fourth-order valence-electron chi connectivity index (χ4n) is 3.70. The maximum absolute atomic E-state index is 12.8. The molecule has 2 aliphatic heterocycles. The molecule has 120 valence electrons. The van der Waals surface area contributed by atoms with Gasteiger partial charge in [-0.05, 0) is 44.5 Å². The molecule has 2 bridgehead atoms. The molecule has 2 fully saturated rings. The van der Waals surface area contributed by atoms with E-state index in [0.717, 1.165) is 5.56 Å². The van der Waals surface area contributed by atoms with E-state index in [0.29, 0.717) is 11.3 Å². The lowest BCUT2D eigenvalue weighted by atomic mass is 9.69. The van der Waals surface area contributed by atoms with Crippen molar-refractivity contribution in [1.82, 2.24) is 0 Å². The number of ether oxygens (including phenoxy) is 3. The molecule has 2 saturated heterocycles. The topological polar surface area (TPSA) is 61.8 Å². The minimum Gasteiger partial charge on any atom is -0.497 e. The minimum atomic E-state index is -1.39. The van der Waals surface area contributed by atoms with Gasteiger partial charge in [0.1, 0.15) is 5.75 Å². The summed E-state index contributed by atoms with van der Waals surface area (Å²) in [5.74, 6) is -0.795. The number of Topliss-reactive ketones (excluding diaryl/α,β-unsaturated/α-hetero) is 1. The van der Waals surface area contributed by atoms with Gasteiger partial charge in [0.15, 0.2) is 29.1 Å². The van der Waals surface area contributed by atoms with Crippen molar-refractivity contribution >= 4 is 17.6 Å². The van der Waals surface area contributed by atoms with Crippen molar-refractivity contribution in [1.29, 1.82) is 0 Å². The summed E-state index contributed by atoms with van der Waals surface area (Å²) < 4.78 is 17.3. The maximum atomic E-state index is 12.8. The third-order valence-corrected chi connectivity index (χ3v) is 5.50. The highest BCUT2D eigenvalue weighted by Crippen LogP contribution is 2.60. The molecule has 5 nitrogen and oxygen atoms in total. The van der Waals surface area contributed by atoms with Crippen LogP contribution in [-0.2, 0) is 24.7 Å². The normalized spacial score (nSPS) is 36.6. The number of hydrogen-bond acceptors (Lipinski definition) is 5. The zero-order valence-corrected chi connectivity index (χ0v) is 13.5. The van der Waals surface area contributed by atoms with Crippen molar-refractivity contribution in [2.75, 3.05) is 7.11 Å². The number of fused-ring (bicyclic) bond motifs is 5. The molecule has 3 atom stereocenters. The SMILES string of the molecule is COc1ccc2c(c1)C=CC(=O)C21O[C@]2(C)O[C@H]1C(=O)C2(C)C. The van der Waals surface area contributed by atoms with Crippen LogP contribution in [0.2, 0.25) is 0 Å². The molecule has 2 heterocycles. The summed E-state index contributed by atoms with van der Waals surface area (Å²) in [5.41, 5.74) is -0.730. The van der Waals surface area contributed by atoms with Gasteiger partial charge in [0.05, 0.1) is 12.5 Å². The summed E-state index contributed by atoms with van der Waals surface area (Å²) in [7, 11) is 1.58. The standard InChI is InChI=1S/C18H18O5/c1-16(2)14(20)15-18(23-17(16,3)22-15)12-7-6-11(21-4)9-10(12)5-8-13(18)19/h5-9,15H,1-4H3/t15-,17-,18?/m0/s1. The zero-order valence-electron chi connectivity index (χ0n) is 13.5. The fourth-order valence-corrected chi connectivity index (χ4v) is 3.70. The van der Waals surface area contributed by atoms with Gasteiger partial charge in [0.25, 0.3) is 0 Å². The number of benzene rings is 1. The van der Waals surface area contributed by atoms with E-state index in [2.05, 4.69) is 0 Å². The van der Waals surface area contributed by atoms with Crippen molar-refractivity contribution in [3.05, 3.63) is 35.4 Å². The molecule has 0 N–H and O–H groups in total. The van der Waals surface area contributed by atoms with Crippen LogP contribution >= 0.6 is 0 Å². The minimum absolute atomic E-state index is 0.100. The summed E-state index contributed by atoms with van der Waals surface area (Å²) >= 11 is 0. The first-order valence-electron chi connectivity index (χ1n) is 7.59. The molecule has 4 rings (SSSR count). The number of ketones is 2. The molecule has 23 heavy (non-hydrogen) atoms. The van der Waals surface area contributed by atoms with E-state index in [1.165, 1.54) is 6.08 Å². The van der Waals surface area contributed by atoms with E-state index in [9.17, 15) is 9.59 Å². The molecule has 0 saturated carbocycles. The Morgan fingerprint density at radius 3 is 2.48 bits per heavy atom. The number of hydrogen-bond donors (Lipinski definition) is 0. The number of carbonyl (C=O) groups excluding carboxylic acids is 2. The van der Waals surface area contributed by atoms with Crippen molar-refractivity contribution in [3.8, 4) is 5.75 Å². The van der Waals surface area contributed by atoms with E-state index in [-0.39, 0.29) is 11.6 Å². The Hall–Kier alpha value is -1.98. The summed E-state index contributed by atoms with van der Waals surface area (Å²) in [6, 6.07) is 5.37. The van der Waals surface area contributed by atoms with Gasteiger partial charge in [-0.15, -0.1) is 0 Å². The predicted octanol–water partition coefficient (Wildman–Crippen LogP) is 2.23. The zero-order chi connectivity index (χ0) is 16.6. The highest BCUT2D eigenvalue weighted by molar-refractivity contribution is 6.10. The lowest BCUT2D eigenvalue weighted by Gasteiger charge is -2.43. The summed E-state index contributed by atoms with van der Waals surface area (Å²) in [4.78, 5) is 25.6. The van der Waals surface area contributed by atoms with Crippen LogP contribution in [0.5, 0.6) is 5.75 Å². The lowest BCUT2D eigenvalue weighted by Crippen LogP contribution is -2.58. The molecule has 1 aromatic rings. The van der Waals surface area contributed by atoms with E-state index < -0.39 is 22.9 Å². The molecule has 0 amide bonds. The molecular formula is C18H18O5. The van der Waals surface area contributed by atoms with Crippen molar-refractivity contribution in [2.45, 2.75) is 38.3 Å². The first-order chi connectivity index (χ1) is 10.8.